The van der Waals surface area contributed by atoms with Crippen molar-refractivity contribution in [1.29, 1.82) is 0 Å². The Kier molecular flexibility index (Phi) is 13.4. The van der Waals surface area contributed by atoms with Crippen molar-refractivity contribution >= 4 is 6.48 Å². The molecule has 0 saturated heterocycles. The molecule has 1 unspecified atom stereocenters. The van der Waals surface area contributed by atoms with Crippen molar-refractivity contribution in [2.75, 3.05) is 0 Å². The summed E-state index contributed by atoms with van der Waals surface area (Å²) in [7, 11) is 0. The second-order valence-corrected chi connectivity index (χ2v) is 21.3. The first-order valence-corrected chi connectivity index (χ1v) is 21.8. The van der Waals surface area contributed by atoms with Gasteiger partial charge in [0, 0.05) is 0 Å². The summed E-state index contributed by atoms with van der Waals surface area (Å²) in [6.45, 7) is 17.0. The van der Waals surface area contributed by atoms with E-state index in [2.05, 4.69) is 85.7 Å². The van der Waals surface area contributed by atoms with E-state index in [0.717, 1.165) is 60.2 Å². The molecule has 4 aromatic rings. The van der Waals surface area contributed by atoms with Crippen molar-refractivity contribution in [2.24, 2.45) is 11.3 Å². The molecule has 1 atom stereocenters. The van der Waals surface area contributed by atoms with Crippen LogP contribution in [0.4, 0.5) is 26.3 Å². The van der Waals surface area contributed by atoms with Crippen LogP contribution in [0.25, 0.3) is 11.1 Å². The molecule has 2 aliphatic carbocycles. The predicted molar refractivity (Wildman–Crippen MR) is 198 cm³/mol. The summed E-state index contributed by atoms with van der Waals surface area (Å²) in [5, 5.41) is 0. The molecule has 2 aliphatic rings. The number of hydrogen-bond donors (Lipinski definition) is 0. The van der Waals surface area contributed by atoms with Crippen molar-refractivity contribution in [3.8, 4) is 11.1 Å². The minimum absolute atomic E-state index is 0. The van der Waals surface area contributed by atoms with Gasteiger partial charge in [0.15, 0.2) is 0 Å². The second-order valence-electron chi connectivity index (χ2n) is 15.6. The van der Waals surface area contributed by atoms with Gasteiger partial charge in [-0.1, -0.05) is 0 Å². The summed E-state index contributed by atoms with van der Waals surface area (Å²) in [6, 6.07) is 17.3. The molecule has 6 rings (SSSR count). The number of halogens is 8. The Morgan fingerprint density at radius 3 is 1.78 bits per heavy atom. The van der Waals surface area contributed by atoms with Gasteiger partial charge in [-0.05, 0) is 0 Å². The molecule has 0 spiro atoms. The molecule has 0 nitrogen and oxygen atoms in total. The average molecular weight is 863 g/mol. The average Bonchev–Trinajstić information content (AvgIpc) is 3.64. The van der Waals surface area contributed by atoms with E-state index >= 15 is 0 Å². The van der Waals surface area contributed by atoms with E-state index in [0.29, 0.717) is 20.8 Å². The number of allylic oxidation sites excluding steroid dienone is 4. The fraction of sp³-hybridized carbons (Fsp3) is 0.356. The summed E-state index contributed by atoms with van der Waals surface area (Å²) in [5.41, 5.74) is 9.29. The third-order valence-corrected chi connectivity index (χ3v) is 19.1. The SMILES string of the molecule is CCCCC1C=C(C(C)(C)C)C=[C]1[Zr+2](=[C](c1cccc(C(F)(F)F)c1)c1cccc(C(F)(F)F)c1)[c]1c(C)c(C)cc2c1Cc1cc(C)c(C)cc1-2.[Cl-].[Cl-]. The minimum atomic E-state index is -4.62. The van der Waals surface area contributed by atoms with Gasteiger partial charge in [-0.25, -0.2) is 0 Å². The van der Waals surface area contributed by atoms with E-state index in [9.17, 15) is 26.3 Å². The van der Waals surface area contributed by atoms with E-state index in [-0.39, 0.29) is 36.1 Å². The summed E-state index contributed by atoms with van der Waals surface area (Å²) in [5.74, 6) is 0.0407. The van der Waals surface area contributed by atoms with Crippen molar-refractivity contribution in [3.63, 3.8) is 0 Å². The molecule has 0 bridgehead atoms. The van der Waals surface area contributed by atoms with Crippen LogP contribution in [0.3, 0.4) is 0 Å². The molecule has 0 saturated carbocycles. The first kappa shape index (κ1) is 44.0. The second kappa shape index (κ2) is 16.4. The quantitative estimate of drug-likeness (QED) is 0.160. The van der Waals surface area contributed by atoms with Gasteiger partial charge in [0.2, 0.25) is 0 Å². The maximum Gasteiger partial charge on any atom is -1.00 e. The maximum absolute atomic E-state index is 14.4. The van der Waals surface area contributed by atoms with E-state index in [4.69, 9.17) is 0 Å². The topological polar surface area (TPSA) is 0 Å². The summed E-state index contributed by atoms with van der Waals surface area (Å²) >= 11 is -3.77. The van der Waals surface area contributed by atoms with Crippen LogP contribution in [0.2, 0.25) is 0 Å². The fourth-order valence-corrected chi connectivity index (χ4v) is 16.9. The molecule has 0 amide bonds. The van der Waals surface area contributed by atoms with Gasteiger partial charge in [-0.3, -0.25) is 0 Å². The van der Waals surface area contributed by atoms with Crippen molar-refractivity contribution in [3.05, 3.63) is 143 Å². The Labute approximate surface area is 336 Å². The molecule has 0 radical (unpaired) electrons. The molecule has 4 aromatic carbocycles. The van der Waals surface area contributed by atoms with E-state index < -0.39 is 44.7 Å². The standard InChI is InChI=1S/C17H17.C15H8F6.C13H21.2ClH.Zr/c1-10-5-14-9-15-6-11(2)13(4)8-17(15)16(14)7-12(10)3;16-14(17,18)12-5-1-3-10(8-12)7-11-4-2-6-13(9-11)15(19,20)21;1-5-6-7-11-8-9-12(10-11)13(2,3)4;;;/h5,7-8H,9H2,1-4H3;1-6,8-9H;9-11H,5-7H2,1-4H3;2*1H;/q;;;;;+2/p-2. The van der Waals surface area contributed by atoms with Gasteiger partial charge in [-0.2, -0.15) is 0 Å². The third kappa shape index (κ3) is 8.64. The Bertz CT molecular complexity index is 2100. The van der Waals surface area contributed by atoms with E-state index in [1.165, 1.54) is 52.1 Å². The first-order chi connectivity index (χ1) is 24.3. The van der Waals surface area contributed by atoms with Gasteiger partial charge in [-0.15, -0.1) is 0 Å². The monoisotopic (exact) mass is 860 g/mol. The molecular weight excluding hydrogens is 817 g/mol. The molecule has 0 heterocycles. The van der Waals surface area contributed by atoms with Crippen LogP contribution in [0.5, 0.6) is 0 Å². The summed E-state index contributed by atoms with van der Waals surface area (Å²) in [4.78, 5) is 0. The Hall–Kier alpha value is -2.73. The van der Waals surface area contributed by atoms with Crippen LogP contribution in [0.1, 0.15) is 103 Å². The molecule has 286 valence electrons. The Morgan fingerprint density at radius 1 is 0.722 bits per heavy atom. The zero-order valence-corrected chi connectivity index (χ0v) is 35.9. The molecular formula is C45H46Cl2F6Zr. The third-order valence-electron chi connectivity index (χ3n) is 10.9. The summed E-state index contributed by atoms with van der Waals surface area (Å²) < 4.78 is 89.5. The fourth-order valence-electron chi connectivity index (χ4n) is 7.78. The van der Waals surface area contributed by atoms with Gasteiger partial charge in [0.25, 0.3) is 0 Å². The number of aryl methyl sites for hydroxylation is 3. The van der Waals surface area contributed by atoms with Crippen LogP contribution < -0.4 is 28.1 Å². The zero-order chi connectivity index (χ0) is 37.9. The molecule has 0 N–H and O–H groups in total. The van der Waals surface area contributed by atoms with Crippen molar-refractivity contribution in [2.45, 2.75) is 93.4 Å². The van der Waals surface area contributed by atoms with E-state index in [1.807, 2.05) is 0 Å². The number of hydrogen-bond acceptors (Lipinski definition) is 0. The normalized spacial score (nSPS) is 14.9. The Morgan fingerprint density at radius 2 is 1.26 bits per heavy atom. The Balaban J connectivity index is 0.00000325. The number of rotatable bonds is 7. The molecule has 9 heteroatoms. The van der Waals surface area contributed by atoms with Crippen LogP contribution >= 0.6 is 0 Å². The first-order valence-electron chi connectivity index (χ1n) is 18.1. The number of alkyl halides is 6. The largest absolute Gasteiger partial charge is 1.00 e. The van der Waals surface area contributed by atoms with Crippen molar-refractivity contribution in [1.82, 2.24) is 0 Å². The van der Waals surface area contributed by atoms with Crippen LogP contribution in [0, 0.1) is 39.0 Å². The molecule has 54 heavy (non-hydrogen) atoms. The summed E-state index contributed by atoms with van der Waals surface area (Å²) in [6.07, 6.45) is -1.11. The molecule has 0 fully saturated rings. The van der Waals surface area contributed by atoms with Gasteiger partial charge >= 0.3 is 313 Å². The van der Waals surface area contributed by atoms with Crippen LogP contribution in [0.15, 0.2) is 87.7 Å². The number of fused-ring (bicyclic) bond motifs is 3. The van der Waals surface area contributed by atoms with Crippen LogP contribution in [-0.2, 0) is 40.0 Å². The van der Waals surface area contributed by atoms with E-state index in [1.54, 1.807) is 12.1 Å². The molecule has 0 aromatic heterocycles. The zero-order valence-electron chi connectivity index (χ0n) is 31.9. The van der Waals surface area contributed by atoms with Crippen molar-refractivity contribution < 1.29 is 72.4 Å². The van der Waals surface area contributed by atoms with Gasteiger partial charge in [0.05, 0.1) is 0 Å². The maximum atomic E-state index is 14.4. The predicted octanol–water partition coefficient (Wildman–Crippen LogP) is 6.73. The number of benzene rings is 4. The molecule has 0 aliphatic heterocycles. The number of unbranched alkanes of at least 4 members (excludes halogenated alkanes) is 1. The minimum Gasteiger partial charge on any atom is -1.00 e. The smallest absolute Gasteiger partial charge is 1.00 e. The van der Waals surface area contributed by atoms with Gasteiger partial charge < -0.3 is 24.8 Å². The van der Waals surface area contributed by atoms with Crippen LogP contribution in [-0.4, -0.2) is 3.21 Å². The van der Waals surface area contributed by atoms with Gasteiger partial charge in [0.1, 0.15) is 0 Å².